The summed E-state index contributed by atoms with van der Waals surface area (Å²) < 4.78 is 37.8. The van der Waals surface area contributed by atoms with E-state index in [-0.39, 0.29) is 12.5 Å². The van der Waals surface area contributed by atoms with Gasteiger partial charge >= 0.3 is 6.18 Å². The monoisotopic (exact) mass is 236 g/mol. The summed E-state index contributed by atoms with van der Waals surface area (Å²) in [5, 5.41) is 6.58. The van der Waals surface area contributed by atoms with Crippen LogP contribution in [0.1, 0.15) is 32.1 Å². The molecule has 0 spiro atoms. The molecule has 0 aromatic carbocycles. The van der Waals surface area contributed by atoms with Crippen LogP contribution in [0.25, 0.3) is 0 Å². The molecular weight excluding hydrogens is 217 g/mol. The molecule has 3 unspecified atom stereocenters. The van der Waals surface area contributed by atoms with E-state index in [1.165, 1.54) is 0 Å². The third-order valence-corrected chi connectivity index (χ3v) is 3.67. The highest BCUT2D eigenvalue weighted by molar-refractivity contribution is 4.86. The van der Waals surface area contributed by atoms with Crippen LogP contribution in [0.5, 0.6) is 0 Å². The zero-order valence-corrected chi connectivity index (χ0v) is 9.32. The van der Waals surface area contributed by atoms with Crippen molar-refractivity contribution in [1.29, 1.82) is 0 Å². The fourth-order valence-corrected chi connectivity index (χ4v) is 2.77. The first-order valence-electron chi connectivity index (χ1n) is 6.09. The molecule has 1 aliphatic carbocycles. The van der Waals surface area contributed by atoms with E-state index >= 15 is 0 Å². The number of nitrogens with one attached hydrogen (secondary N) is 2. The molecule has 5 heteroatoms. The van der Waals surface area contributed by atoms with Gasteiger partial charge in [0.25, 0.3) is 0 Å². The van der Waals surface area contributed by atoms with Crippen molar-refractivity contribution in [3.05, 3.63) is 0 Å². The van der Waals surface area contributed by atoms with Gasteiger partial charge in [-0.2, -0.15) is 13.2 Å². The van der Waals surface area contributed by atoms with Gasteiger partial charge in [0.1, 0.15) is 0 Å². The molecule has 2 nitrogen and oxygen atoms in total. The molecule has 3 atom stereocenters. The predicted molar refractivity (Wildman–Crippen MR) is 56.2 cm³/mol. The Morgan fingerprint density at radius 1 is 1.06 bits per heavy atom. The fourth-order valence-electron chi connectivity index (χ4n) is 2.77. The van der Waals surface area contributed by atoms with Gasteiger partial charge in [0.15, 0.2) is 0 Å². The van der Waals surface area contributed by atoms with E-state index in [0.717, 1.165) is 25.9 Å². The first-order chi connectivity index (χ1) is 7.55. The summed E-state index contributed by atoms with van der Waals surface area (Å²) in [6.45, 7) is 1.88. The van der Waals surface area contributed by atoms with Crippen molar-refractivity contribution in [3.63, 3.8) is 0 Å². The Morgan fingerprint density at radius 3 is 2.50 bits per heavy atom. The van der Waals surface area contributed by atoms with E-state index in [4.69, 9.17) is 0 Å². The maximum Gasteiger partial charge on any atom is 0.391 e. The van der Waals surface area contributed by atoms with E-state index in [1.807, 2.05) is 0 Å². The zero-order chi connectivity index (χ0) is 11.6. The Kier molecular flexibility index (Phi) is 3.74. The van der Waals surface area contributed by atoms with Crippen LogP contribution >= 0.6 is 0 Å². The van der Waals surface area contributed by atoms with Crippen LogP contribution in [0.2, 0.25) is 0 Å². The molecule has 0 amide bonds. The summed E-state index contributed by atoms with van der Waals surface area (Å²) in [6.07, 6.45) is -0.808. The lowest BCUT2D eigenvalue weighted by Gasteiger charge is -2.32. The molecule has 1 aliphatic heterocycles. The second-order valence-corrected chi connectivity index (χ2v) is 4.96. The normalized spacial score (nSPS) is 36.6. The van der Waals surface area contributed by atoms with Gasteiger partial charge in [-0.15, -0.1) is 0 Å². The highest BCUT2D eigenvalue weighted by atomic mass is 19.4. The Labute approximate surface area is 94.0 Å². The van der Waals surface area contributed by atoms with Gasteiger partial charge in [0.05, 0.1) is 5.92 Å². The molecule has 1 heterocycles. The lowest BCUT2D eigenvalue weighted by molar-refractivity contribution is -0.183. The largest absolute Gasteiger partial charge is 0.391 e. The summed E-state index contributed by atoms with van der Waals surface area (Å²) >= 11 is 0. The lowest BCUT2D eigenvalue weighted by Crippen LogP contribution is -2.44. The molecule has 16 heavy (non-hydrogen) atoms. The van der Waals surface area contributed by atoms with E-state index < -0.39 is 12.1 Å². The molecule has 1 saturated heterocycles. The summed E-state index contributed by atoms with van der Waals surface area (Å²) in [7, 11) is 0. The van der Waals surface area contributed by atoms with Crippen molar-refractivity contribution in [1.82, 2.24) is 10.6 Å². The molecule has 0 bridgehead atoms. The second kappa shape index (κ2) is 4.92. The molecule has 2 rings (SSSR count). The summed E-state index contributed by atoms with van der Waals surface area (Å²) in [5.74, 6) is -1.09. The minimum absolute atomic E-state index is 0.0604. The molecule has 1 saturated carbocycles. The topological polar surface area (TPSA) is 24.1 Å². The van der Waals surface area contributed by atoms with Crippen LogP contribution in [0.4, 0.5) is 13.2 Å². The molecule has 0 aromatic rings. The van der Waals surface area contributed by atoms with Crippen LogP contribution in [0.3, 0.4) is 0 Å². The molecule has 0 aromatic heterocycles. The van der Waals surface area contributed by atoms with E-state index in [1.54, 1.807) is 0 Å². The average Bonchev–Trinajstić information content (AvgIpc) is 2.70. The maximum atomic E-state index is 12.6. The molecule has 2 aliphatic rings. The summed E-state index contributed by atoms with van der Waals surface area (Å²) in [5.41, 5.74) is 0. The van der Waals surface area contributed by atoms with E-state index in [9.17, 15) is 13.2 Å². The minimum atomic E-state index is -4.01. The highest BCUT2D eigenvalue weighted by Crippen LogP contribution is 2.37. The quantitative estimate of drug-likeness (QED) is 0.767. The van der Waals surface area contributed by atoms with Gasteiger partial charge in [-0.25, -0.2) is 0 Å². The summed E-state index contributed by atoms with van der Waals surface area (Å²) in [4.78, 5) is 0. The van der Waals surface area contributed by atoms with Crippen LogP contribution in [-0.4, -0.2) is 31.3 Å². The SMILES string of the molecule is FC(F)(F)C1CCCC(NC2CCNC2)C1. The number of halogens is 3. The van der Waals surface area contributed by atoms with Gasteiger partial charge in [0, 0.05) is 18.6 Å². The second-order valence-electron chi connectivity index (χ2n) is 4.96. The van der Waals surface area contributed by atoms with Crippen LogP contribution in [0, 0.1) is 5.92 Å². The maximum absolute atomic E-state index is 12.6. The van der Waals surface area contributed by atoms with Crippen molar-refractivity contribution < 1.29 is 13.2 Å². The molecular formula is C11H19F3N2. The molecule has 2 fully saturated rings. The van der Waals surface area contributed by atoms with Crippen molar-refractivity contribution in [2.75, 3.05) is 13.1 Å². The number of hydrogen-bond acceptors (Lipinski definition) is 2. The number of hydrogen-bond donors (Lipinski definition) is 2. The first kappa shape index (κ1) is 12.2. The summed E-state index contributed by atoms with van der Waals surface area (Å²) in [6, 6.07) is 0.433. The minimum Gasteiger partial charge on any atom is -0.315 e. The Balaban J connectivity index is 1.81. The Morgan fingerprint density at radius 2 is 1.88 bits per heavy atom. The fraction of sp³-hybridized carbons (Fsp3) is 1.00. The van der Waals surface area contributed by atoms with E-state index in [2.05, 4.69) is 10.6 Å². The van der Waals surface area contributed by atoms with Crippen molar-refractivity contribution in [2.24, 2.45) is 5.92 Å². The van der Waals surface area contributed by atoms with Gasteiger partial charge < -0.3 is 10.6 Å². The molecule has 2 N–H and O–H groups in total. The average molecular weight is 236 g/mol. The van der Waals surface area contributed by atoms with Crippen molar-refractivity contribution in [2.45, 2.75) is 50.4 Å². The third kappa shape index (κ3) is 3.10. The van der Waals surface area contributed by atoms with Crippen molar-refractivity contribution in [3.8, 4) is 0 Å². The van der Waals surface area contributed by atoms with Crippen LogP contribution < -0.4 is 10.6 Å². The van der Waals surface area contributed by atoms with Crippen molar-refractivity contribution >= 4 is 0 Å². The molecule has 0 radical (unpaired) electrons. The standard InChI is InChI=1S/C11H19F3N2/c12-11(13,14)8-2-1-3-9(6-8)16-10-4-5-15-7-10/h8-10,15-16H,1-7H2. The predicted octanol–water partition coefficient (Wildman–Crippen LogP) is 2.06. The zero-order valence-electron chi connectivity index (χ0n) is 9.32. The lowest BCUT2D eigenvalue weighted by atomic mass is 9.85. The number of rotatable bonds is 2. The highest BCUT2D eigenvalue weighted by Gasteiger charge is 2.42. The number of alkyl halides is 3. The van der Waals surface area contributed by atoms with Gasteiger partial charge in [0.2, 0.25) is 0 Å². The Bertz CT molecular complexity index is 224. The van der Waals surface area contributed by atoms with Gasteiger partial charge in [-0.3, -0.25) is 0 Å². The van der Waals surface area contributed by atoms with Gasteiger partial charge in [-0.1, -0.05) is 6.42 Å². The third-order valence-electron chi connectivity index (χ3n) is 3.67. The van der Waals surface area contributed by atoms with Crippen LogP contribution in [0.15, 0.2) is 0 Å². The van der Waals surface area contributed by atoms with E-state index in [0.29, 0.717) is 18.9 Å². The Hall–Kier alpha value is -0.290. The van der Waals surface area contributed by atoms with Gasteiger partial charge in [-0.05, 0) is 32.2 Å². The first-order valence-corrected chi connectivity index (χ1v) is 6.09. The molecule has 94 valence electrons. The van der Waals surface area contributed by atoms with Crippen LogP contribution in [-0.2, 0) is 0 Å². The smallest absolute Gasteiger partial charge is 0.315 e.